The maximum absolute atomic E-state index is 12.8. The zero-order valence-electron chi connectivity index (χ0n) is 8.78. The predicted octanol–water partition coefficient (Wildman–Crippen LogP) is 2.70. The second-order valence-electron chi connectivity index (χ2n) is 3.22. The fourth-order valence-corrected chi connectivity index (χ4v) is 2.36. The van der Waals surface area contributed by atoms with Crippen molar-refractivity contribution in [2.45, 2.75) is 11.3 Å². The second kappa shape index (κ2) is 6.21. The van der Waals surface area contributed by atoms with Crippen LogP contribution in [0.4, 0.5) is 4.39 Å². The van der Waals surface area contributed by atoms with Crippen LogP contribution in [0.25, 0.3) is 0 Å². The molecule has 0 unspecified atom stereocenters. The lowest BCUT2D eigenvalue weighted by atomic mass is 10.3. The molecule has 0 aromatic heterocycles. The van der Waals surface area contributed by atoms with Gasteiger partial charge >= 0.3 is 7.60 Å². The summed E-state index contributed by atoms with van der Waals surface area (Å²) in [6.07, 6.45) is 1.79. The Hall–Kier alpha value is -0.810. The summed E-state index contributed by atoms with van der Waals surface area (Å²) < 4.78 is 23.3. The van der Waals surface area contributed by atoms with Gasteiger partial charge in [-0.15, -0.1) is 11.8 Å². The molecule has 0 aliphatic heterocycles. The number of halogens is 1. The molecule has 94 valence electrons. The van der Waals surface area contributed by atoms with Crippen molar-refractivity contribution < 1.29 is 23.8 Å². The van der Waals surface area contributed by atoms with Crippen molar-refractivity contribution in [1.82, 2.24) is 0 Å². The first-order valence-electron chi connectivity index (χ1n) is 4.73. The number of aromatic hydroxyl groups is 1. The number of rotatable bonds is 5. The van der Waals surface area contributed by atoms with Crippen molar-refractivity contribution in [2.75, 3.05) is 5.75 Å². The topological polar surface area (TPSA) is 77.8 Å². The number of hydrogen-bond acceptors (Lipinski definition) is 3. The molecule has 1 rings (SSSR count). The van der Waals surface area contributed by atoms with Crippen LogP contribution in [0.3, 0.4) is 0 Å². The van der Waals surface area contributed by atoms with Crippen molar-refractivity contribution >= 4 is 19.4 Å². The fourth-order valence-electron chi connectivity index (χ4n) is 1.05. The normalized spacial score (nSPS) is 12.2. The molecule has 0 heterocycles. The van der Waals surface area contributed by atoms with E-state index in [1.54, 1.807) is 0 Å². The molecule has 17 heavy (non-hydrogen) atoms. The highest BCUT2D eigenvalue weighted by Crippen LogP contribution is 2.36. The van der Waals surface area contributed by atoms with E-state index >= 15 is 0 Å². The van der Waals surface area contributed by atoms with Crippen LogP contribution in [0.5, 0.6) is 5.75 Å². The SMILES string of the molecule is O=P(O)(O)C=CCCSc1cc(F)ccc1O. The minimum atomic E-state index is -4.09. The largest absolute Gasteiger partial charge is 0.507 e. The molecule has 1 aromatic carbocycles. The van der Waals surface area contributed by atoms with Crippen LogP contribution in [-0.2, 0) is 4.57 Å². The Morgan fingerprint density at radius 1 is 1.41 bits per heavy atom. The molecule has 0 radical (unpaired) electrons. The molecular formula is C10H12FO4PS. The fraction of sp³-hybridized carbons (Fsp3) is 0.200. The molecule has 0 aliphatic carbocycles. The number of allylic oxidation sites excluding steroid dienone is 1. The zero-order chi connectivity index (χ0) is 12.9. The molecule has 0 saturated carbocycles. The first-order valence-corrected chi connectivity index (χ1v) is 7.39. The van der Waals surface area contributed by atoms with Gasteiger partial charge in [0.2, 0.25) is 0 Å². The smallest absolute Gasteiger partial charge is 0.348 e. The average Bonchev–Trinajstić information content (AvgIpc) is 2.21. The van der Waals surface area contributed by atoms with Crippen molar-refractivity contribution in [3.63, 3.8) is 0 Å². The van der Waals surface area contributed by atoms with E-state index in [4.69, 9.17) is 9.79 Å². The minimum absolute atomic E-state index is 0.00429. The summed E-state index contributed by atoms with van der Waals surface area (Å²) in [5.41, 5.74) is 0. The Bertz CT molecular complexity index is 458. The molecule has 0 bridgehead atoms. The summed E-state index contributed by atoms with van der Waals surface area (Å²) in [5, 5.41) is 9.39. The van der Waals surface area contributed by atoms with Crippen LogP contribution >= 0.6 is 19.4 Å². The predicted molar refractivity (Wildman–Crippen MR) is 64.6 cm³/mol. The van der Waals surface area contributed by atoms with Gasteiger partial charge < -0.3 is 14.9 Å². The van der Waals surface area contributed by atoms with Crippen LogP contribution < -0.4 is 0 Å². The van der Waals surface area contributed by atoms with Crippen LogP contribution in [0, 0.1) is 5.82 Å². The highest BCUT2D eigenvalue weighted by atomic mass is 32.2. The number of phenols is 1. The number of phenolic OH excluding ortho intramolecular Hbond substituents is 1. The van der Waals surface area contributed by atoms with E-state index in [9.17, 15) is 14.1 Å². The maximum atomic E-state index is 12.8. The second-order valence-corrected chi connectivity index (χ2v) is 5.84. The van der Waals surface area contributed by atoms with Crippen molar-refractivity contribution in [3.05, 3.63) is 35.9 Å². The molecule has 3 N–H and O–H groups in total. The number of thioether (sulfide) groups is 1. The van der Waals surface area contributed by atoms with E-state index in [1.807, 2.05) is 0 Å². The third-order valence-electron chi connectivity index (χ3n) is 1.76. The van der Waals surface area contributed by atoms with E-state index in [0.717, 1.165) is 11.9 Å². The lowest BCUT2D eigenvalue weighted by Gasteiger charge is -2.02. The van der Waals surface area contributed by atoms with Gasteiger partial charge in [-0.05, 0) is 24.6 Å². The number of benzene rings is 1. The molecule has 7 heteroatoms. The Balaban J connectivity index is 2.44. The van der Waals surface area contributed by atoms with E-state index < -0.39 is 13.4 Å². The molecule has 0 aliphatic rings. The minimum Gasteiger partial charge on any atom is -0.507 e. The first kappa shape index (κ1) is 14.3. The lowest BCUT2D eigenvalue weighted by molar-refractivity contribution is 0.386. The van der Waals surface area contributed by atoms with Gasteiger partial charge in [-0.2, -0.15) is 0 Å². The summed E-state index contributed by atoms with van der Waals surface area (Å²) in [7, 11) is -4.09. The molecule has 0 spiro atoms. The highest BCUT2D eigenvalue weighted by molar-refractivity contribution is 7.99. The van der Waals surface area contributed by atoms with Crippen LogP contribution in [0.15, 0.2) is 35.0 Å². The zero-order valence-corrected chi connectivity index (χ0v) is 10.5. The van der Waals surface area contributed by atoms with Crippen molar-refractivity contribution in [3.8, 4) is 5.75 Å². The quantitative estimate of drug-likeness (QED) is 0.438. The van der Waals surface area contributed by atoms with Crippen molar-refractivity contribution in [1.29, 1.82) is 0 Å². The van der Waals surface area contributed by atoms with Gasteiger partial charge in [0.1, 0.15) is 11.6 Å². The Kier molecular flexibility index (Phi) is 5.21. The Morgan fingerprint density at radius 2 is 2.12 bits per heavy atom. The Labute approximate surface area is 102 Å². The summed E-state index contributed by atoms with van der Waals surface area (Å²) in [5.74, 6) is 0.887. The third-order valence-corrected chi connectivity index (χ3v) is 3.44. The third kappa shape index (κ3) is 5.89. The van der Waals surface area contributed by atoms with Crippen LogP contribution in [0.1, 0.15) is 6.42 Å². The first-order chi connectivity index (χ1) is 7.88. The van der Waals surface area contributed by atoms with Gasteiger partial charge in [0.15, 0.2) is 0 Å². The lowest BCUT2D eigenvalue weighted by Crippen LogP contribution is -1.81. The molecule has 0 saturated heterocycles. The van der Waals surface area contributed by atoms with Gasteiger partial charge in [0, 0.05) is 11.6 Å². The summed E-state index contributed by atoms with van der Waals surface area (Å²) in [4.78, 5) is 17.5. The van der Waals surface area contributed by atoms with Gasteiger partial charge in [-0.1, -0.05) is 6.08 Å². The molecule has 0 fully saturated rings. The molecule has 0 amide bonds. The van der Waals surface area contributed by atoms with E-state index in [-0.39, 0.29) is 5.75 Å². The van der Waals surface area contributed by atoms with Crippen LogP contribution in [0.2, 0.25) is 0 Å². The number of hydrogen-bond donors (Lipinski definition) is 3. The molecule has 0 atom stereocenters. The van der Waals surface area contributed by atoms with E-state index in [2.05, 4.69) is 0 Å². The van der Waals surface area contributed by atoms with Crippen LogP contribution in [-0.4, -0.2) is 20.6 Å². The summed E-state index contributed by atoms with van der Waals surface area (Å²) in [6.45, 7) is 0. The van der Waals surface area contributed by atoms with Gasteiger partial charge in [-0.25, -0.2) is 4.39 Å². The van der Waals surface area contributed by atoms with Gasteiger partial charge in [0.25, 0.3) is 0 Å². The maximum Gasteiger partial charge on any atom is 0.348 e. The summed E-state index contributed by atoms with van der Waals surface area (Å²) >= 11 is 1.22. The monoisotopic (exact) mass is 278 g/mol. The molecular weight excluding hydrogens is 266 g/mol. The van der Waals surface area contributed by atoms with Gasteiger partial charge in [0.05, 0.1) is 4.90 Å². The molecule has 1 aromatic rings. The van der Waals surface area contributed by atoms with Crippen molar-refractivity contribution in [2.24, 2.45) is 0 Å². The van der Waals surface area contributed by atoms with Gasteiger partial charge in [-0.3, -0.25) is 4.57 Å². The summed E-state index contributed by atoms with van der Waals surface area (Å²) in [6, 6.07) is 3.64. The van der Waals surface area contributed by atoms with E-state index in [0.29, 0.717) is 17.1 Å². The average molecular weight is 278 g/mol. The molecule has 4 nitrogen and oxygen atoms in total. The Morgan fingerprint density at radius 3 is 2.76 bits per heavy atom. The standard InChI is InChI=1S/C10H12FO4PS/c11-8-3-4-9(12)10(7-8)17-6-2-1-5-16(13,14)15/h1,3-5,7,12H,2,6H2,(H2,13,14,15). The highest BCUT2D eigenvalue weighted by Gasteiger charge is 2.05. The van der Waals surface area contributed by atoms with E-state index in [1.165, 1.54) is 30.0 Å².